The topological polar surface area (TPSA) is 30.5 Å². The Hall–Kier alpha value is -2.00. The molecule has 3 nitrogen and oxygen atoms in total. The summed E-state index contributed by atoms with van der Waals surface area (Å²) >= 11 is 0. The van der Waals surface area contributed by atoms with Crippen LogP contribution in [0.15, 0.2) is 42.5 Å². The number of rotatable bonds is 3. The monoisotopic (exact) mass is 283 g/mol. The van der Waals surface area contributed by atoms with Gasteiger partial charge in [0, 0.05) is 0 Å². The third-order valence-electron chi connectivity index (χ3n) is 3.97. The molecule has 2 aromatic carbocycles. The van der Waals surface area contributed by atoms with Gasteiger partial charge < -0.3 is 14.8 Å². The van der Waals surface area contributed by atoms with Gasteiger partial charge in [0.25, 0.3) is 0 Å². The van der Waals surface area contributed by atoms with E-state index in [1.54, 1.807) is 0 Å². The number of para-hydroxylation sites is 2. The number of fused-ring (bicyclic) bond motifs is 1. The van der Waals surface area contributed by atoms with Crippen molar-refractivity contribution in [1.29, 1.82) is 0 Å². The number of aryl methyl sites for hydroxylation is 2. The number of hydrogen-bond donors (Lipinski definition) is 1. The van der Waals surface area contributed by atoms with Crippen LogP contribution in [0.3, 0.4) is 0 Å². The maximum atomic E-state index is 6.14. The van der Waals surface area contributed by atoms with Gasteiger partial charge >= 0.3 is 0 Å². The van der Waals surface area contributed by atoms with E-state index in [0.717, 1.165) is 11.5 Å². The molecule has 1 heterocycles. The standard InChI is InChI=1S/C18H21NO2/c1-12-8-9-14(13(2)10-12)18(19-3)17-11-20-15-6-4-5-7-16(15)21-17/h4-10,17-19H,11H2,1-3H3. The number of likely N-dealkylation sites (N-methyl/N-ethyl adjacent to an activating group) is 1. The highest BCUT2D eigenvalue weighted by Crippen LogP contribution is 2.34. The third-order valence-corrected chi connectivity index (χ3v) is 3.97. The Kier molecular flexibility index (Phi) is 3.84. The molecular formula is C18H21NO2. The average molecular weight is 283 g/mol. The molecule has 0 bridgehead atoms. The minimum absolute atomic E-state index is 0.0358. The molecule has 1 aliphatic heterocycles. The van der Waals surface area contributed by atoms with Gasteiger partial charge in [-0.1, -0.05) is 35.9 Å². The average Bonchev–Trinajstić information content (AvgIpc) is 2.50. The number of nitrogens with one attached hydrogen (secondary N) is 1. The molecule has 3 rings (SSSR count). The Balaban J connectivity index is 1.88. The van der Waals surface area contributed by atoms with Crippen LogP contribution in [0.4, 0.5) is 0 Å². The molecule has 0 saturated carbocycles. The smallest absolute Gasteiger partial charge is 0.161 e. The summed E-state index contributed by atoms with van der Waals surface area (Å²) < 4.78 is 12.0. The van der Waals surface area contributed by atoms with E-state index >= 15 is 0 Å². The van der Waals surface area contributed by atoms with Crippen molar-refractivity contribution >= 4 is 0 Å². The molecule has 2 atom stereocenters. The summed E-state index contributed by atoms with van der Waals surface area (Å²) in [6.07, 6.45) is -0.0358. The van der Waals surface area contributed by atoms with Gasteiger partial charge in [0.05, 0.1) is 6.04 Å². The SMILES string of the molecule is CNC(c1ccc(C)cc1C)C1COc2ccccc2O1. The Morgan fingerprint density at radius 2 is 1.86 bits per heavy atom. The maximum Gasteiger partial charge on any atom is 0.161 e. The molecular weight excluding hydrogens is 262 g/mol. The minimum Gasteiger partial charge on any atom is -0.486 e. The van der Waals surface area contributed by atoms with Crippen molar-refractivity contribution in [3.05, 3.63) is 59.2 Å². The Morgan fingerprint density at radius 3 is 2.57 bits per heavy atom. The van der Waals surface area contributed by atoms with Crippen LogP contribution >= 0.6 is 0 Å². The summed E-state index contributed by atoms with van der Waals surface area (Å²) in [5, 5.41) is 3.37. The zero-order valence-electron chi connectivity index (χ0n) is 12.7. The number of ether oxygens (including phenoxy) is 2. The molecule has 0 aliphatic carbocycles. The van der Waals surface area contributed by atoms with Crippen LogP contribution in [0.25, 0.3) is 0 Å². The molecule has 0 amide bonds. The van der Waals surface area contributed by atoms with E-state index in [0.29, 0.717) is 6.61 Å². The van der Waals surface area contributed by atoms with Crippen molar-refractivity contribution in [2.24, 2.45) is 0 Å². The summed E-state index contributed by atoms with van der Waals surface area (Å²) in [6, 6.07) is 14.5. The highest BCUT2D eigenvalue weighted by atomic mass is 16.6. The molecule has 21 heavy (non-hydrogen) atoms. The molecule has 110 valence electrons. The molecule has 3 heteroatoms. The van der Waals surface area contributed by atoms with Crippen molar-refractivity contribution in [3.63, 3.8) is 0 Å². The Bertz CT molecular complexity index is 639. The second-order valence-corrected chi connectivity index (χ2v) is 5.54. The van der Waals surface area contributed by atoms with Gasteiger partial charge in [-0.15, -0.1) is 0 Å². The first kappa shape index (κ1) is 14.0. The first-order valence-corrected chi connectivity index (χ1v) is 7.32. The van der Waals surface area contributed by atoms with Crippen LogP contribution in [0.1, 0.15) is 22.7 Å². The largest absolute Gasteiger partial charge is 0.486 e. The highest BCUT2D eigenvalue weighted by molar-refractivity contribution is 5.41. The van der Waals surface area contributed by atoms with E-state index in [4.69, 9.17) is 9.47 Å². The van der Waals surface area contributed by atoms with E-state index in [9.17, 15) is 0 Å². The summed E-state index contributed by atoms with van der Waals surface area (Å²) in [4.78, 5) is 0. The molecule has 0 spiro atoms. The zero-order valence-corrected chi connectivity index (χ0v) is 12.7. The van der Waals surface area contributed by atoms with E-state index in [1.165, 1.54) is 16.7 Å². The van der Waals surface area contributed by atoms with E-state index in [2.05, 4.69) is 37.4 Å². The van der Waals surface area contributed by atoms with Crippen LogP contribution < -0.4 is 14.8 Å². The first-order chi connectivity index (χ1) is 10.2. The zero-order chi connectivity index (χ0) is 14.8. The quantitative estimate of drug-likeness (QED) is 0.936. The van der Waals surface area contributed by atoms with E-state index < -0.39 is 0 Å². The summed E-state index contributed by atoms with van der Waals surface area (Å²) in [7, 11) is 1.97. The van der Waals surface area contributed by atoms with Crippen LogP contribution in [0.2, 0.25) is 0 Å². The summed E-state index contributed by atoms with van der Waals surface area (Å²) in [5.41, 5.74) is 3.81. The second kappa shape index (κ2) is 5.78. The lowest BCUT2D eigenvalue weighted by molar-refractivity contribution is 0.0636. The van der Waals surface area contributed by atoms with Crippen LogP contribution in [0.5, 0.6) is 11.5 Å². The fourth-order valence-electron chi connectivity index (χ4n) is 2.92. The van der Waals surface area contributed by atoms with Crippen LogP contribution in [-0.4, -0.2) is 19.8 Å². The highest BCUT2D eigenvalue weighted by Gasteiger charge is 2.29. The molecule has 0 aromatic heterocycles. The van der Waals surface area contributed by atoms with Crippen LogP contribution in [0, 0.1) is 13.8 Å². The third kappa shape index (κ3) is 2.74. The number of benzene rings is 2. The molecule has 1 aliphatic rings. The molecule has 2 unspecified atom stereocenters. The number of hydrogen-bond acceptors (Lipinski definition) is 3. The first-order valence-electron chi connectivity index (χ1n) is 7.32. The lowest BCUT2D eigenvalue weighted by Gasteiger charge is -2.33. The minimum atomic E-state index is -0.0358. The van der Waals surface area contributed by atoms with Gasteiger partial charge in [0.15, 0.2) is 17.6 Å². The molecule has 0 fully saturated rings. The molecule has 0 saturated heterocycles. The van der Waals surface area contributed by atoms with Gasteiger partial charge in [0.2, 0.25) is 0 Å². The van der Waals surface area contributed by atoms with E-state index in [1.807, 2.05) is 31.3 Å². The molecule has 0 radical (unpaired) electrons. The normalized spacial score (nSPS) is 18.3. The molecule has 1 N–H and O–H groups in total. The Labute approximate surface area is 125 Å². The van der Waals surface area contributed by atoms with Gasteiger partial charge in [-0.05, 0) is 44.2 Å². The second-order valence-electron chi connectivity index (χ2n) is 5.54. The van der Waals surface area contributed by atoms with Crippen molar-refractivity contribution in [3.8, 4) is 11.5 Å². The van der Waals surface area contributed by atoms with Gasteiger partial charge in [-0.2, -0.15) is 0 Å². The van der Waals surface area contributed by atoms with Gasteiger partial charge in [-0.3, -0.25) is 0 Å². The van der Waals surface area contributed by atoms with Gasteiger partial charge in [-0.25, -0.2) is 0 Å². The van der Waals surface area contributed by atoms with E-state index in [-0.39, 0.29) is 12.1 Å². The lowest BCUT2D eigenvalue weighted by atomic mass is 9.95. The van der Waals surface area contributed by atoms with Crippen molar-refractivity contribution in [1.82, 2.24) is 5.32 Å². The molecule has 2 aromatic rings. The van der Waals surface area contributed by atoms with Gasteiger partial charge in [0.1, 0.15) is 6.61 Å². The lowest BCUT2D eigenvalue weighted by Crippen LogP contribution is -2.40. The fraction of sp³-hybridized carbons (Fsp3) is 0.333. The maximum absolute atomic E-state index is 6.14. The summed E-state index contributed by atoms with van der Waals surface area (Å²) in [5.74, 6) is 1.64. The van der Waals surface area contributed by atoms with Crippen LogP contribution in [-0.2, 0) is 0 Å². The Morgan fingerprint density at radius 1 is 1.10 bits per heavy atom. The predicted molar refractivity (Wildman–Crippen MR) is 84.1 cm³/mol. The van der Waals surface area contributed by atoms with Crippen molar-refractivity contribution < 1.29 is 9.47 Å². The predicted octanol–water partition coefficient (Wildman–Crippen LogP) is 3.40. The van der Waals surface area contributed by atoms with Crippen molar-refractivity contribution in [2.75, 3.05) is 13.7 Å². The fourth-order valence-corrected chi connectivity index (χ4v) is 2.92. The van der Waals surface area contributed by atoms with Crippen molar-refractivity contribution in [2.45, 2.75) is 26.0 Å². The summed E-state index contributed by atoms with van der Waals surface area (Å²) in [6.45, 7) is 4.81.